The molecule has 96 valence electrons. The largest absolute Gasteiger partial charge is 0.145 e. The second kappa shape index (κ2) is 6.53. The van der Waals surface area contributed by atoms with Crippen molar-refractivity contribution < 1.29 is 0 Å². The Morgan fingerprint density at radius 1 is 1.11 bits per heavy atom. The van der Waals surface area contributed by atoms with Gasteiger partial charge in [0.15, 0.2) is 0 Å². The quantitative estimate of drug-likeness (QED) is 0.652. The van der Waals surface area contributed by atoms with Crippen molar-refractivity contribution in [2.75, 3.05) is 5.33 Å². The molecule has 0 radical (unpaired) electrons. The minimum Gasteiger partial charge on any atom is -0.145 e. The van der Waals surface area contributed by atoms with E-state index in [-0.39, 0.29) is 0 Å². The van der Waals surface area contributed by atoms with E-state index in [0.717, 1.165) is 18.2 Å². The second-order valence-corrected chi connectivity index (χ2v) is 6.53. The lowest BCUT2D eigenvalue weighted by Crippen LogP contribution is -2.05. The molecule has 0 spiro atoms. The molecule has 0 saturated heterocycles. The third-order valence-corrected chi connectivity index (χ3v) is 5.36. The van der Waals surface area contributed by atoms with Gasteiger partial charge in [0.05, 0.1) is 0 Å². The fourth-order valence-electron chi connectivity index (χ4n) is 2.26. The van der Waals surface area contributed by atoms with E-state index in [1.807, 2.05) is 11.3 Å². The van der Waals surface area contributed by atoms with Crippen molar-refractivity contribution in [3.63, 3.8) is 0 Å². The van der Waals surface area contributed by atoms with E-state index in [0.29, 0.717) is 5.92 Å². The van der Waals surface area contributed by atoms with Gasteiger partial charge in [-0.3, -0.25) is 0 Å². The molecular weight excluding hydrogens is 304 g/mol. The Balaban J connectivity index is 2.17. The average Bonchev–Trinajstić information content (AvgIpc) is 2.85. The van der Waals surface area contributed by atoms with Gasteiger partial charge in [-0.1, -0.05) is 47.1 Å². The number of rotatable bonds is 5. The molecule has 2 heteroatoms. The summed E-state index contributed by atoms with van der Waals surface area (Å²) < 4.78 is 0. The third kappa shape index (κ3) is 3.24. The summed E-state index contributed by atoms with van der Waals surface area (Å²) in [7, 11) is 0. The number of halogens is 1. The Kier molecular flexibility index (Phi) is 5.02. The predicted molar refractivity (Wildman–Crippen MR) is 85.1 cm³/mol. The lowest BCUT2D eigenvalue weighted by atomic mass is 9.93. The summed E-state index contributed by atoms with van der Waals surface area (Å²) in [5, 5.41) is 1.03. The average molecular weight is 323 g/mol. The summed E-state index contributed by atoms with van der Waals surface area (Å²) in [4.78, 5) is 2.99. The number of hydrogen-bond donors (Lipinski definition) is 0. The number of alkyl halides is 1. The van der Waals surface area contributed by atoms with Crippen molar-refractivity contribution in [2.45, 2.75) is 32.6 Å². The number of hydrogen-bond acceptors (Lipinski definition) is 1. The number of thiophene rings is 1. The zero-order valence-corrected chi connectivity index (χ0v) is 13.4. The van der Waals surface area contributed by atoms with Crippen molar-refractivity contribution >= 4 is 27.3 Å². The molecule has 0 aliphatic carbocycles. The second-order valence-electron chi connectivity index (χ2n) is 4.63. The Labute approximate surface area is 122 Å². The van der Waals surface area contributed by atoms with Gasteiger partial charge in [0, 0.05) is 15.1 Å². The van der Waals surface area contributed by atoms with Gasteiger partial charge in [-0.15, -0.1) is 11.3 Å². The van der Waals surface area contributed by atoms with Crippen LogP contribution in [0.5, 0.6) is 0 Å². The highest BCUT2D eigenvalue weighted by Crippen LogP contribution is 2.28. The molecule has 0 aliphatic rings. The van der Waals surface area contributed by atoms with E-state index in [1.54, 1.807) is 0 Å². The van der Waals surface area contributed by atoms with Crippen LogP contribution < -0.4 is 0 Å². The van der Waals surface area contributed by atoms with Crippen LogP contribution in [0.4, 0.5) is 0 Å². The van der Waals surface area contributed by atoms with Crippen LogP contribution in [0.2, 0.25) is 0 Å². The van der Waals surface area contributed by atoms with Gasteiger partial charge < -0.3 is 0 Å². The standard InChI is InChI=1S/C16H19BrS/c1-3-14-8-9-15(18-14)10-13(11-17)16-7-5-4-6-12(16)2/h4-9,13H,3,10-11H2,1-2H3. The van der Waals surface area contributed by atoms with Crippen LogP contribution in [-0.4, -0.2) is 5.33 Å². The first-order valence-electron chi connectivity index (χ1n) is 6.43. The normalized spacial score (nSPS) is 12.6. The van der Waals surface area contributed by atoms with Crippen molar-refractivity contribution in [3.8, 4) is 0 Å². The molecule has 1 atom stereocenters. The van der Waals surface area contributed by atoms with Gasteiger partial charge in [0.2, 0.25) is 0 Å². The van der Waals surface area contributed by atoms with Crippen LogP contribution in [0.15, 0.2) is 36.4 Å². The van der Waals surface area contributed by atoms with Gasteiger partial charge in [0.1, 0.15) is 0 Å². The van der Waals surface area contributed by atoms with Gasteiger partial charge in [0.25, 0.3) is 0 Å². The molecule has 0 bridgehead atoms. The van der Waals surface area contributed by atoms with Gasteiger partial charge >= 0.3 is 0 Å². The molecule has 0 aliphatic heterocycles. The van der Waals surface area contributed by atoms with Gasteiger partial charge in [-0.2, -0.15) is 0 Å². The maximum absolute atomic E-state index is 3.67. The zero-order chi connectivity index (χ0) is 13.0. The summed E-state index contributed by atoms with van der Waals surface area (Å²) in [6.07, 6.45) is 2.29. The molecule has 0 saturated carbocycles. The van der Waals surface area contributed by atoms with Crippen LogP contribution in [0.3, 0.4) is 0 Å². The third-order valence-electron chi connectivity index (χ3n) is 3.33. The molecule has 1 heterocycles. The Morgan fingerprint density at radius 2 is 1.83 bits per heavy atom. The smallest absolute Gasteiger partial charge is 0.0104 e. The highest BCUT2D eigenvalue weighted by molar-refractivity contribution is 9.09. The Bertz CT molecular complexity index is 501. The molecule has 0 fully saturated rings. The van der Waals surface area contributed by atoms with Crippen LogP contribution in [0.25, 0.3) is 0 Å². The van der Waals surface area contributed by atoms with Gasteiger partial charge in [-0.25, -0.2) is 0 Å². The van der Waals surface area contributed by atoms with E-state index in [2.05, 4.69) is 66.2 Å². The molecule has 0 amide bonds. The fourth-order valence-corrected chi connectivity index (χ4v) is 3.87. The minimum absolute atomic E-state index is 0.578. The highest BCUT2D eigenvalue weighted by atomic mass is 79.9. The summed E-state index contributed by atoms with van der Waals surface area (Å²) >= 11 is 5.63. The zero-order valence-electron chi connectivity index (χ0n) is 10.9. The van der Waals surface area contributed by atoms with Crippen molar-refractivity contribution in [3.05, 3.63) is 57.3 Å². The lowest BCUT2D eigenvalue weighted by Gasteiger charge is -2.16. The summed E-state index contributed by atoms with van der Waals surface area (Å²) in [5.74, 6) is 0.578. The molecule has 0 nitrogen and oxygen atoms in total. The SMILES string of the molecule is CCc1ccc(CC(CBr)c2ccccc2C)s1. The van der Waals surface area contributed by atoms with Crippen molar-refractivity contribution in [1.82, 2.24) is 0 Å². The van der Waals surface area contributed by atoms with Crippen LogP contribution >= 0.6 is 27.3 Å². The van der Waals surface area contributed by atoms with E-state index in [1.165, 1.54) is 20.9 Å². The molecule has 1 aromatic carbocycles. The number of aryl methyl sites for hydroxylation is 2. The van der Waals surface area contributed by atoms with Crippen LogP contribution in [-0.2, 0) is 12.8 Å². The van der Waals surface area contributed by atoms with Crippen LogP contribution in [0.1, 0.15) is 33.7 Å². The van der Waals surface area contributed by atoms with Crippen molar-refractivity contribution in [2.24, 2.45) is 0 Å². The van der Waals surface area contributed by atoms with E-state index < -0.39 is 0 Å². The minimum atomic E-state index is 0.578. The molecule has 18 heavy (non-hydrogen) atoms. The summed E-state index contributed by atoms with van der Waals surface area (Å²) in [6.45, 7) is 4.43. The molecule has 2 rings (SSSR count). The van der Waals surface area contributed by atoms with E-state index in [4.69, 9.17) is 0 Å². The first kappa shape index (κ1) is 13.8. The Morgan fingerprint density at radius 3 is 2.44 bits per heavy atom. The molecule has 1 aromatic heterocycles. The van der Waals surface area contributed by atoms with Gasteiger partial charge in [-0.05, 0) is 48.9 Å². The van der Waals surface area contributed by atoms with Crippen molar-refractivity contribution in [1.29, 1.82) is 0 Å². The molecular formula is C16H19BrS. The fraction of sp³-hybridized carbons (Fsp3) is 0.375. The Hall–Kier alpha value is -0.600. The summed E-state index contributed by atoms with van der Waals surface area (Å²) in [6, 6.07) is 13.3. The first-order chi connectivity index (χ1) is 8.74. The first-order valence-corrected chi connectivity index (χ1v) is 8.37. The topological polar surface area (TPSA) is 0 Å². The lowest BCUT2D eigenvalue weighted by molar-refractivity contribution is 0.779. The monoisotopic (exact) mass is 322 g/mol. The van der Waals surface area contributed by atoms with E-state index in [9.17, 15) is 0 Å². The maximum Gasteiger partial charge on any atom is 0.0104 e. The highest BCUT2D eigenvalue weighted by Gasteiger charge is 2.14. The molecule has 1 unspecified atom stereocenters. The number of benzene rings is 1. The summed E-state index contributed by atoms with van der Waals surface area (Å²) in [5.41, 5.74) is 2.87. The maximum atomic E-state index is 3.67. The molecule has 2 aromatic rings. The van der Waals surface area contributed by atoms with Crippen LogP contribution in [0, 0.1) is 6.92 Å². The predicted octanol–water partition coefficient (Wildman–Crippen LogP) is 5.34. The molecule has 0 N–H and O–H groups in total. The van der Waals surface area contributed by atoms with E-state index >= 15 is 0 Å².